The molecule has 0 atom stereocenters. The van der Waals surface area contributed by atoms with E-state index in [0.29, 0.717) is 5.95 Å². The summed E-state index contributed by atoms with van der Waals surface area (Å²) in [4.78, 5) is 11.4. The molecule has 1 aliphatic rings. The van der Waals surface area contributed by atoms with Gasteiger partial charge in [-0.2, -0.15) is 0 Å². The Morgan fingerprint density at radius 2 is 0.695 bits per heavy atom. The molecule has 6 heteroatoms. The Balaban J connectivity index is 0.917. The standard InChI is InChI=1S/C76H50N6/c1-5-21-49(22-6-1)53-41-54(50-23-7-2-8-24-50)43-57(42-53)81-70-35-19-15-31-60(70)64-47-75-65(46-74(64)81)61-32-16-20-36-71(61)82(75)76-77-66(51-37-39-72-62(44-51)58-29-13-17-33-68(58)79(72)55-25-9-3-10-26-55)48-67(78-76)52-38-40-73-63(45-52)59-30-14-18-34-69(59)80(73)56-27-11-4-12-28-56/h1-14,16-30,32-48H,15,31H2. The van der Waals surface area contributed by atoms with Crippen LogP contribution in [0.3, 0.4) is 0 Å². The minimum absolute atomic E-state index is 0.618. The molecule has 0 aliphatic heterocycles. The van der Waals surface area contributed by atoms with Crippen molar-refractivity contribution in [1.29, 1.82) is 0 Å². The molecule has 0 saturated carbocycles. The predicted octanol–water partition coefficient (Wildman–Crippen LogP) is 19.3. The molecule has 0 saturated heterocycles. The maximum absolute atomic E-state index is 5.70. The van der Waals surface area contributed by atoms with Crippen LogP contribution in [0.2, 0.25) is 0 Å². The van der Waals surface area contributed by atoms with Gasteiger partial charge >= 0.3 is 0 Å². The van der Waals surface area contributed by atoms with Crippen molar-refractivity contribution in [2.45, 2.75) is 12.8 Å². The highest BCUT2D eigenvalue weighted by molar-refractivity contribution is 6.15. The molecule has 384 valence electrons. The summed E-state index contributed by atoms with van der Waals surface area (Å²) < 4.78 is 9.57. The normalized spacial score (nSPS) is 12.5. The second-order valence-corrected chi connectivity index (χ2v) is 21.7. The molecule has 0 fully saturated rings. The molecule has 0 radical (unpaired) electrons. The van der Waals surface area contributed by atoms with Crippen LogP contribution in [-0.2, 0) is 6.42 Å². The molecule has 0 amide bonds. The van der Waals surface area contributed by atoms with Gasteiger partial charge in [-0.15, -0.1) is 0 Å². The lowest BCUT2D eigenvalue weighted by Gasteiger charge is -2.16. The monoisotopic (exact) mass is 1050 g/mol. The fraction of sp³-hybridized carbons (Fsp3) is 0.0263. The largest absolute Gasteiger partial charge is 0.310 e. The number of rotatable bonds is 8. The van der Waals surface area contributed by atoms with Gasteiger partial charge in [0.05, 0.1) is 50.0 Å². The number of nitrogens with zero attached hydrogens (tertiary/aromatic N) is 6. The molecule has 0 unspecified atom stereocenters. The molecule has 16 aromatic rings. The molecular formula is C76H50N6. The number of hydrogen-bond acceptors (Lipinski definition) is 2. The molecule has 17 rings (SSSR count). The molecule has 82 heavy (non-hydrogen) atoms. The van der Waals surface area contributed by atoms with Crippen molar-refractivity contribution in [3.63, 3.8) is 0 Å². The van der Waals surface area contributed by atoms with Crippen molar-refractivity contribution in [3.8, 4) is 67.8 Å². The average Bonchev–Trinajstić information content (AvgIpc) is 4.42. The zero-order valence-corrected chi connectivity index (χ0v) is 44.7. The third-order valence-corrected chi connectivity index (χ3v) is 17.0. The SMILES string of the molecule is C1=Cc2c(c3cc4c(cc3n2-c2cc(-c3ccccc3)cc(-c3ccccc3)c2)c2ccccc2n4-c2nc(-c3ccc4c(c3)c3ccccc3n4-c3ccccc3)cc(-c3ccc4c(c3)c3ccccc3n4-c3ccccc3)n2)CC1. The van der Waals surface area contributed by atoms with E-state index >= 15 is 0 Å². The van der Waals surface area contributed by atoms with Gasteiger partial charge in [0.2, 0.25) is 5.95 Å². The van der Waals surface area contributed by atoms with Crippen molar-refractivity contribution in [1.82, 2.24) is 28.2 Å². The summed E-state index contributed by atoms with van der Waals surface area (Å²) in [5, 5.41) is 8.24. The Bertz CT molecular complexity index is 5020. The van der Waals surface area contributed by atoms with E-state index in [1.54, 1.807) is 0 Å². The summed E-state index contributed by atoms with van der Waals surface area (Å²) in [7, 11) is 0. The molecular weight excluding hydrogens is 997 g/mol. The van der Waals surface area contributed by atoms with Gasteiger partial charge in [-0.3, -0.25) is 4.57 Å². The quantitative estimate of drug-likeness (QED) is 0.152. The minimum atomic E-state index is 0.618. The van der Waals surface area contributed by atoms with Gasteiger partial charge in [0, 0.05) is 71.6 Å². The van der Waals surface area contributed by atoms with Crippen LogP contribution in [0.4, 0.5) is 0 Å². The fourth-order valence-electron chi connectivity index (χ4n) is 13.3. The van der Waals surface area contributed by atoms with Crippen molar-refractivity contribution in [2.75, 3.05) is 0 Å². The first-order valence-corrected chi connectivity index (χ1v) is 28.3. The fourth-order valence-corrected chi connectivity index (χ4v) is 13.3. The molecule has 5 heterocycles. The lowest BCUT2D eigenvalue weighted by molar-refractivity contribution is 0.968. The molecule has 11 aromatic carbocycles. The van der Waals surface area contributed by atoms with E-state index in [4.69, 9.17) is 9.97 Å². The maximum atomic E-state index is 5.70. The maximum Gasteiger partial charge on any atom is 0.235 e. The number of aromatic nitrogens is 6. The van der Waals surface area contributed by atoms with Crippen LogP contribution in [0.15, 0.2) is 273 Å². The summed E-state index contributed by atoms with van der Waals surface area (Å²) in [5.41, 5.74) is 22.3. The highest BCUT2D eigenvalue weighted by atomic mass is 15.2. The Morgan fingerprint density at radius 3 is 1.22 bits per heavy atom. The van der Waals surface area contributed by atoms with Gasteiger partial charge in [0.15, 0.2) is 0 Å². The van der Waals surface area contributed by atoms with E-state index in [9.17, 15) is 0 Å². The van der Waals surface area contributed by atoms with E-state index in [-0.39, 0.29) is 0 Å². The van der Waals surface area contributed by atoms with Gasteiger partial charge in [-0.1, -0.05) is 170 Å². The van der Waals surface area contributed by atoms with Crippen molar-refractivity contribution >= 4 is 82.4 Å². The van der Waals surface area contributed by atoms with Crippen LogP contribution in [0, 0.1) is 0 Å². The zero-order chi connectivity index (χ0) is 53.8. The van der Waals surface area contributed by atoms with Crippen LogP contribution in [0.1, 0.15) is 17.7 Å². The van der Waals surface area contributed by atoms with E-state index in [1.807, 2.05) is 0 Å². The lowest BCUT2D eigenvalue weighted by atomic mass is 9.97. The van der Waals surface area contributed by atoms with Gasteiger partial charge in [-0.25, -0.2) is 9.97 Å². The predicted molar refractivity (Wildman–Crippen MR) is 341 cm³/mol. The molecule has 1 aliphatic carbocycles. The average molecular weight is 1050 g/mol. The molecule has 0 bridgehead atoms. The Kier molecular flexibility index (Phi) is 10.3. The molecule has 0 spiro atoms. The van der Waals surface area contributed by atoms with Gasteiger partial charge in [0.1, 0.15) is 0 Å². The van der Waals surface area contributed by atoms with Crippen LogP contribution >= 0.6 is 0 Å². The smallest absolute Gasteiger partial charge is 0.235 e. The first-order chi connectivity index (χ1) is 40.7. The van der Waals surface area contributed by atoms with E-state index in [0.717, 1.165) is 96.3 Å². The third-order valence-electron chi connectivity index (χ3n) is 17.0. The zero-order valence-electron chi connectivity index (χ0n) is 44.7. The van der Waals surface area contributed by atoms with Crippen LogP contribution in [0.5, 0.6) is 0 Å². The van der Waals surface area contributed by atoms with E-state index < -0.39 is 0 Å². The van der Waals surface area contributed by atoms with Crippen molar-refractivity contribution in [3.05, 3.63) is 284 Å². The number of aryl methyl sites for hydroxylation is 1. The third kappa shape index (κ3) is 7.21. The van der Waals surface area contributed by atoms with Crippen molar-refractivity contribution in [2.24, 2.45) is 0 Å². The minimum Gasteiger partial charge on any atom is -0.310 e. The van der Waals surface area contributed by atoms with Crippen LogP contribution < -0.4 is 0 Å². The van der Waals surface area contributed by atoms with Crippen molar-refractivity contribution < 1.29 is 0 Å². The van der Waals surface area contributed by atoms with Gasteiger partial charge in [0.25, 0.3) is 0 Å². The number of benzene rings is 11. The highest BCUT2D eigenvalue weighted by Gasteiger charge is 2.25. The van der Waals surface area contributed by atoms with E-state index in [1.165, 1.54) is 66.0 Å². The topological polar surface area (TPSA) is 45.5 Å². The van der Waals surface area contributed by atoms with E-state index in [2.05, 4.69) is 297 Å². The van der Waals surface area contributed by atoms with Crippen LogP contribution in [0.25, 0.3) is 150 Å². The molecule has 5 aromatic heterocycles. The first-order valence-electron chi connectivity index (χ1n) is 28.3. The Labute approximate surface area is 473 Å². The van der Waals surface area contributed by atoms with Gasteiger partial charge < -0.3 is 13.7 Å². The highest BCUT2D eigenvalue weighted by Crippen LogP contribution is 2.44. The second-order valence-electron chi connectivity index (χ2n) is 21.7. The second kappa shape index (κ2) is 18.4. The lowest BCUT2D eigenvalue weighted by Crippen LogP contribution is -2.04. The summed E-state index contributed by atoms with van der Waals surface area (Å²) in [6, 6.07) is 96.9. The Hall–Kier alpha value is -10.8. The summed E-state index contributed by atoms with van der Waals surface area (Å²) in [6.45, 7) is 0. The van der Waals surface area contributed by atoms with Crippen LogP contribution in [-0.4, -0.2) is 28.2 Å². The molecule has 0 N–H and O–H groups in total. The van der Waals surface area contributed by atoms with Gasteiger partial charge in [-0.05, 0) is 150 Å². The summed E-state index contributed by atoms with van der Waals surface area (Å²) >= 11 is 0. The molecule has 6 nitrogen and oxygen atoms in total. The number of hydrogen-bond donors (Lipinski definition) is 0. The number of allylic oxidation sites excluding steroid dienone is 1. The summed E-state index contributed by atoms with van der Waals surface area (Å²) in [5.74, 6) is 0.618. The Morgan fingerprint density at radius 1 is 0.268 bits per heavy atom. The number of fused-ring (bicyclic) bond motifs is 12. The first kappa shape index (κ1) is 46.1. The number of para-hydroxylation sites is 5. The summed E-state index contributed by atoms with van der Waals surface area (Å²) in [6.07, 6.45) is 6.59.